The molecular formula is C25H38N6O13P2. The van der Waals surface area contributed by atoms with Crippen molar-refractivity contribution in [2.45, 2.75) is 65.2 Å². The molecule has 46 heavy (non-hydrogen) atoms. The van der Waals surface area contributed by atoms with Crippen LogP contribution in [-0.4, -0.2) is 80.4 Å². The summed E-state index contributed by atoms with van der Waals surface area (Å²) in [6.45, 7) is 5.74. The summed E-state index contributed by atoms with van der Waals surface area (Å²) in [5.41, 5.74) is -2.68. The molecule has 0 spiro atoms. The zero-order valence-electron chi connectivity index (χ0n) is 26.2. The van der Waals surface area contributed by atoms with Crippen molar-refractivity contribution in [2.24, 2.45) is 11.8 Å². The molecule has 256 valence electrons. The number of hydrogen-bond donors (Lipinski definition) is 4. The SMILES string of the molecule is COC(=O)[C@H](C)N[PH](=O)OC[C@@](C#N)(OC)[C@@H](OC(=O)C(C)C)[C@@H](OC(=O)C(C)C)c1ccc2c(=N)ncn(COP(=O)(O)O)n12. The van der Waals surface area contributed by atoms with Crippen LogP contribution in [0.25, 0.3) is 5.52 Å². The van der Waals surface area contributed by atoms with Crippen molar-refractivity contribution < 1.29 is 61.3 Å². The molecule has 0 aliphatic rings. The lowest BCUT2D eigenvalue weighted by Crippen LogP contribution is -2.53. The number of fused-ring (bicyclic) bond motifs is 1. The van der Waals surface area contributed by atoms with E-state index in [2.05, 4.69) is 19.3 Å². The minimum atomic E-state index is -5.00. The monoisotopic (exact) mass is 692 g/mol. The van der Waals surface area contributed by atoms with E-state index >= 15 is 0 Å². The summed E-state index contributed by atoms with van der Waals surface area (Å²) in [6.07, 6.45) is -2.57. The number of hydrogen-bond acceptors (Lipinski definition) is 14. The Morgan fingerprint density at radius 2 is 1.72 bits per heavy atom. The topological polar surface area (TPSA) is 263 Å². The third kappa shape index (κ3) is 9.77. The molecule has 0 aliphatic heterocycles. The largest absolute Gasteiger partial charge is 0.471 e. The van der Waals surface area contributed by atoms with Crippen LogP contribution in [0.3, 0.4) is 0 Å². The van der Waals surface area contributed by atoms with Crippen molar-refractivity contribution >= 4 is 39.4 Å². The molecule has 0 saturated heterocycles. The van der Waals surface area contributed by atoms with Crippen LogP contribution in [0.2, 0.25) is 0 Å². The first-order valence-corrected chi connectivity index (χ1v) is 16.5. The maximum Gasteiger partial charge on any atom is 0.471 e. The first-order valence-electron chi connectivity index (χ1n) is 13.6. The quantitative estimate of drug-likeness (QED) is 0.102. The van der Waals surface area contributed by atoms with Gasteiger partial charge >= 0.3 is 25.7 Å². The molecular weight excluding hydrogens is 654 g/mol. The van der Waals surface area contributed by atoms with E-state index in [0.29, 0.717) is 0 Å². The second-order valence-electron chi connectivity index (χ2n) is 10.4. The maximum absolute atomic E-state index is 13.1. The van der Waals surface area contributed by atoms with Gasteiger partial charge in [-0.25, -0.2) is 23.8 Å². The Labute approximate surface area is 264 Å². The Balaban J connectivity index is 2.81. The van der Waals surface area contributed by atoms with E-state index in [9.17, 15) is 38.6 Å². The number of carbonyl (C=O) groups excluding carboxylic acids is 3. The molecule has 0 fully saturated rings. The lowest BCUT2D eigenvalue weighted by Gasteiger charge is -2.37. The lowest BCUT2D eigenvalue weighted by atomic mass is 9.92. The predicted molar refractivity (Wildman–Crippen MR) is 155 cm³/mol. The van der Waals surface area contributed by atoms with Crippen molar-refractivity contribution in [3.8, 4) is 6.07 Å². The summed E-state index contributed by atoms with van der Waals surface area (Å²) in [4.78, 5) is 60.4. The number of nitrogens with zero attached hydrogens (tertiary/aromatic N) is 4. The Morgan fingerprint density at radius 1 is 1.11 bits per heavy atom. The van der Waals surface area contributed by atoms with Crippen molar-refractivity contribution in [1.29, 1.82) is 10.7 Å². The van der Waals surface area contributed by atoms with Crippen LogP contribution >= 0.6 is 16.0 Å². The second kappa shape index (κ2) is 16.4. The summed E-state index contributed by atoms with van der Waals surface area (Å²) in [5, 5.41) is 21.1. The highest BCUT2D eigenvalue weighted by Gasteiger charge is 2.51. The molecule has 0 aliphatic carbocycles. The van der Waals surface area contributed by atoms with Crippen LogP contribution in [0, 0.1) is 28.6 Å². The summed E-state index contributed by atoms with van der Waals surface area (Å²) in [6, 6.07) is 3.52. The number of ether oxygens (including phenoxy) is 4. The van der Waals surface area contributed by atoms with Gasteiger partial charge in [-0.1, -0.05) is 27.7 Å². The van der Waals surface area contributed by atoms with Crippen molar-refractivity contribution in [3.63, 3.8) is 0 Å². The third-order valence-corrected chi connectivity index (χ3v) is 7.91. The van der Waals surface area contributed by atoms with E-state index in [0.717, 1.165) is 25.2 Å². The number of phosphoric ester groups is 1. The van der Waals surface area contributed by atoms with Crippen LogP contribution in [0.15, 0.2) is 18.5 Å². The van der Waals surface area contributed by atoms with Crippen molar-refractivity contribution in [1.82, 2.24) is 19.3 Å². The van der Waals surface area contributed by atoms with Gasteiger partial charge in [0.15, 0.2) is 24.4 Å². The summed E-state index contributed by atoms with van der Waals surface area (Å²) in [7, 11) is -6.07. The van der Waals surface area contributed by atoms with Crippen molar-refractivity contribution in [2.75, 3.05) is 20.8 Å². The van der Waals surface area contributed by atoms with E-state index in [1.54, 1.807) is 0 Å². The van der Waals surface area contributed by atoms with Gasteiger partial charge in [0, 0.05) is 7.11 Å². The number of methoxy groups -OCH3 is 2. The van der Waals surface area contributed by atoms with E-state index in [4.69, 9.17) is 24.1 Å². The van der Waals surface area contributed by atoms with Gasteiger partial charge in [-0.15, -0.1) is 0 Å². The fourth-order valence-corrected chi connectivity index (χ4v) is 4.99. The van der Waals surface area contributed by atoms with E-state index in [-0.39, 0.29) is 16.7 Å². The number of esters is 3. The van der Waals surface area contributed by atoms with Gasteiger partial charge in [0.05, 0.1) is 24.6 Å². The standard InChI is InChI=1S/C25H38N6O13P2/c1-14(2)22(32)43-19(17-8-9-18-21(27)28-12-30(31(17)18)13-42-46(36,37)38)20(44-23(33)15(3)4)25(10-26,40-7)11-41-45(35)29-16(5)24(34)39-6/h8-9,12,14-16,19-20,27,45H,11,13H2,1-7H3,(H,29,35)(H2,36,37,38)/t16-,19-,20-,25+/m0/s1. The predicted octanol–water partition coefficient (Wildman–Crippen LogP) is 0.956. The molecule has 5 atom stereocenters. The maximum atomic E-state index is 13.1. The number of aromatic nitrogens is 3. The Kier molecular flexibility index (Phi) is 13.8. The number of rotatable bonds is 17. The van der Waals surface area contributed by atoms with Crippen LogP contribution in [0.5, 0.6) is 0 Å². The normalized spacial score (nSPS) is 15.9. The molecule has 1 unspecified atom stereocenters. The molecule has 0 bridgehead atoms. The minimum Gasteiger partial charge on any atom is -0.468 e. The Bertz CT molecular complexity index is 1580. The van der Waals surface area contributed by atoms with Gasteiger partial charge in [-0.3, -0.25) is 28.9 Å². The molecule has 19 nitrogen and oxygen atoms in total. The number of phosphoric acid groups is 1. The highest BCUT2D eigenvalue weighted by molar-refractivity contribution is 7.46. The molecule has 2 rings (SSSR count). The number of nitrogens with one attached hydrogen (secondary N) is 2. The molecule has 2 aromatic heterocycles. The van der Waals surface area contributed by atoms with E-state index in [1.165, 1.54) is 51.3 Å². The molecule has 0 aromatic carbocycles. The molecule has 2 aromatic rings. The number of nitriles is 1. The smallest absolute Gasteiger partial charge is 0.468 e. The Hall–Kier alpha value is -3.46. The van der Waals surface area contributed by atoms with Crippen LogP contribution in [0.4, 0.5) is 0 Å². The summed E-state index contributed by atoms with van der Waals surface area (Å²) >= 11 is 0. The minimum absolute atomic E-state index is 0.0358. The molecule has 4 N–H and O–H groups in total. The van der Waals surface area contributed by atoms with Crippen molar-refractivity contribution in [3.05, 3.63) is 29.6 Å². The lowest BCUT2D eigenvalue weighted by molar-refractivity contribution is -0.197. The van der Waals surface area contributed by atoms with Gasteiger partial charge in [-0.2, -0.15) is 5.26 Å². The fraction of sp³-hybridized carbons (Fsp3) is 0.600. The Morgan fingerprint density at radius 3 is 2.24 bits per heavy atom. The fourth-order valence-electron chi connectivity index (χ4n) is 3.82. The first-order chi connectivity index (χ1) is 21.4. The summed E-state index contributed by atoms with van der Waals surface area (Å²) in [5.74, 6) is -3.95. The highest BCUT2D eigenvalue weighted by Crippen LogP contribution is 2.38. The number of carbonyl (C=O) groups is 3. The average molecular weight is 693 g/mol. The molecule has 0 saturated carbocycles. The third-order valence-electron chi connectivity index (χ3n) is 6.38. The highest BCUT2D eigenvalue weighted by atomic mass is 31.2. The van der Waals surface area contributed by atoms with Gasteiger partial charge in [0.2, 0.25) is 5.60 Å². The zero-order valence-corrected chi connectivity index (χ0v) is 28.0. The first kappa shape index (κ1) is 38.7. The molecule has 0 amide bonds. The zero-order chi connectivity index (χ0) is 35.0. The average Bonchev–Trinajstić information content (AvgIpc) is 3.44. The van der Waals surface area contributed by atoms with E-state index < -0.39 is 82.9 Å². The van der Waals surface area contributed by atoms with Gasteiger partial charge in [0.1, 0.15) is 30.6 Å². The van der Waals surface area contributed by atoms with Gasteiger partial charge in [-0.05, 0) is 19.1 Å². The van der Waals surface area contributed by atoms with E-state index in [1.807, 2.05) is 6.07 Å². The second-order valence-corrected chi connectivity index (χ2v) is 12.8. The van der Waals surface area contributed by atoms with Crippen LogP contribution < -0.4 is 10.6 Å². The van der Waals surface area contributed by atoms with Crippen LogP contribution in [0.1, 0.15) is 46.4 Å². The molecule has 0 radical (unpaired) electrons. The summed E-state index contributed by atoms with van der Waals surface area (Å²) < 4.78 is 58.2. The van der Waals surface area contributed by atoms with Gasteiger partial charge in [0.25, 0.3) is 8.18 Å². The van der Waals surface area contributed by atoms with Crippen LogP contribution in [-0.2, 0) is 58.2 Å². The van der Waals surface area contributed by atoms with Gasteiger partial charge < -0.3 is 33.3 Å². The molecule has 2 heterocycles. The molecule has 21 heteroatoms.